The third-order valence-corrected chi connectivity index (χ3v) is 2.68. The van der Waals surface area contributed by atoms with Crippen molar-refractivity contribution in [2.24, 2.45) is 5.92 Å². The molecule has 20 heavy (non-hydrogen) atoms. The number of nitrogens with one attached hydrogen (secondary N) is 1. The maximum Gasteiger partial charge on any atom is 0.408 e. The molecule has 0 aliphatic carbocycles. The third kappa shape index (κ3) is 4.72. The van der Waals surface area contributed by atoms with Crippen LogP contribution in [-0.4, -0.2) is 31.5 Å². The van der Waals surface area contributed by atoms with Crippen LogP contribution in [0.4, 0.5) is 4.79 Å². The second-order valence-corrected chi connectivity index (χ2v) is 4.20. The lowest BCUT2D eigenvalue weighted by Gasteiger charge is -2.18. The Bertz CT molecular complexity index is 460. The number of benzene rings is 1. The number of aldehydes is 1. The molecular formula is C14H17NO5. The molecule has 0 aliphatic rings. The van der Waals surface area contributed by atoms with Gasteiger partial charge in [0, 0.05) is 5.92 Å². The van der Waals surface area contributed by atoms with E-state index in [0.29, 0.717) is 6.29 Å². The summed E-state index contributed by atoms with van der Waals surface area (Å²) < 4.78 is 9.51. The SMILES string of the molecule is COC(=O)[C@@H](NC(=O)OCc1ccccc1)[C@@H](C)C=O. The predicted molar refractivity (Wildman–Crippen MR) is 70.8 cm³/mol. The van der Waals surface area contributed by atoms with Gasteiger partial charge in [-0.15, -0.1) is 0 Å². The number of esters is 1. The zero-order chi connectivity index (χ0) is 15.0. The third-order valence-electron chi connectivity index (χ3n) is 2.68. The van der Waals surface area contributed by atoms with Crippen LogP contribution in [0.3, 0.4) is 0 Å². The molecule has 0 heterocycles. The zero-order valence-corrected chi connectivity index (χ0v) is 11.4. The van der Waals surface area contributed by atoms with Crippen LogP contribution in [0.25, 0.3) is 0 Å². The Kier molecular flexibility index (Phi) is 6.22. The van der Waals surface area contributed by atoms with E-state index in [-0.39, 0.29) is 6.61 Å². The number of carbonyl (C=O) groups excluding carboxylic acids is 3. The van der Waals surface area contributed by atoms with Crippen molar-refractivity contribution in [1.82, 2.24) is 5.32 Å². The van der Waals surface area contributed by atoms with E-state index in [4.69, 9.17) is 4.74 Å². The van der Waals surface area contributed by atoms with Crippen LogP contribution in [0.2, 0.25) is 0 Å². The predicted octanol–water partition coefficient (Wildman–Crippen LogP) is 1.29. The van der Waals surface area contributed by atoms with Crippen LogP contribution < -0.4 is 5.32 Å². The fraction of sp³-hybridized carbons (Fsp3) is 0.357. The Morgan fingerprint density at radius 3 is 2.50 bits per heavy atom. The molecule has 0 bridgehead atoms. The van der Waals surface area contributed by atoms with Gasteiger partial charge >= 0.3 is 12.1 Å². The van der Waals surface area contributed by atoms with Gasteiger partial charge in [-0.2, -0.15) is 0 Å². The van der Waals surface area contributed by atoms with E-state index in [2.05, 4.69) is 10.1 Å². The smallest absolute Gasteiger partial charge is 0.408 e. The fourth-order valence-corrected chi connectivity index (χ4v) is 1.50. The Morgan fingerprint density at radius 2 is 1.95 bits per heavy atom. The summed E-state index contributed by atoms with van der Waals surface area (Å²) in [6, 6.07) is 8.05. The molecule has 0 aromatic heterocycles. The molecule has 1 rings (SSSR count). The van der Waals surface area contributed by atoms with E-state index in [1.165, 1.54) is 14.0 Å². The molecule has 2 atom stereocenters. The average Bonchev–Trinajstić information content (AvgIpc) is 2.50. The molecule has 6 heteroatoms. The number of hydrogen-bond donors (Lipinski definition) is 1. The Hall–Kier alpha value is -2.37. The normalized spacial score (nSPS) is 12.9. The minimum atomic E-state index is -1.05. The van der Waals surface area contributed by atoms with Gasteiger partial charge in [-0.3, -0.25) is 0 Å². The average molecular weight is 279 g/mol. The number of hydrogen-bond acceptors (Lipinski definition) is 5. The van der Waals surface area contributed by atoms with Crippen molar-refractivity contribution in [3.8, 4) is 0 Å². The van der Waals surface area contributed by atoms with Crippen molar-refractivity contribution in [3.63, 3.8) is 0 Å². The van der Waals surface area contributed by atoms with E-state index < -0.39 is 24.0 Å². The lowest BCUT2D eigenvalue weighted by Crippen LogP contribution is -2.46. The molecule has 0 radical (unpaired) electrons. The van der Waals surface area contributed by atoms with E-state index in [9.17, 15) is 14.4 Å². The first-order valence-electron chi connectivity index (χ1n) is 6.08. The number of amides is 1. The molecule has 6 nitrogen and oxygen atoms in total. The van der Waals surface area contributed by atoms with Gasteiger partial charge in [0.15, 0.2) is 0 Å². The topological polar surface area (TPSA) is 81.7 Å². The molecule has 0 saturated heterocycles. The second-order valence-electron chi connectivity index (χ2n) is 4.20. The zero-order valence-electron chi connectivity index (χ0n) is 11.4. The molecule has 0 unspecified atom stereocenters. The Labute approximate surface area is 117 Å². The lowest BCUT2D eigenvalue weighted by atomic mass is 10.0. The van der Waals surface area contributed by atoms with Crippen molar-refractivity contribution in [1.29, 1.82) is 0 Å². The lowest BCUT2D eigenvalue weighted by molar-refractivity contribution is -0.145. The number of rotatable bonds is 6. The molecule has 1 aromatic carbocycles. The number of alkyl carbamates (subject to hydrolysis) is 1. The van der Waals surface area contributed by atoms with Gasteiger partial charge in [0.25, 0.3) is 0 Å². The summed E-state index contributed by atoms with van der Waals surface area (Å²) in [4.78, 5) is 33.8. The summed E-state index contributed by atoms with van der Waals surface area (Å²) in [5, 5.41) is 2.32. The summed E-state index contributed by atoms with van der Waals surface area (Å²) in [5.74, 6) is -1.40. The van der Waals surface area contributed by atoms with Crippen molar-refractivity contribution in [2.75, 3.05) is 7.11 Å². The monoisotopic (exact) mass is 279 g/mol. The summed E-state index contributed by atoms with van der Waals surface area (Å²) in [6.07, 6.45) is -0.211. The Morgan fingerprint density at radius 1 is 1.30 bits per heavy atom. The second kappa shape index (κ2) is 7.93. The van der Waals surface area contributed by atoms with Gasteiger partial charge in [0.2, 0.25) is 0 Å². The van der Waals surface area contributed by atoms with Crippen LogP contribution in [0, 0.1) is 5.92 Å². The number of methoxy groups -OCH3 is 1. The minimum absolute atomic E-state index is 0.0794. The van der Waals surface area contributed by atoms with Crippen LogP contribution in [-0.2, 0) is 25.7 Å². The van der Waals surface area contributed by atoms with Gasteiger partial charge < -0.3 is 19.6 Å². The van der Waals surface area contributed by atoms with Gasteiger partial charge in [0.1, 0.15) is 18.9 Å². The van der Waals surface area contributed by atoms with Crippen LogP contribution >= 0.6 is 0 Å². The molecule has 0 aliphatic heterocycles. The molecular weight excluding hydrogens is 262 g/mol. The van der Waals surface area contributed by atoms with Crippen molar-refractivity contribution in [2.45, 2.75) is 19.6 Å². The highest BCUT2D eigenvalue weighted by molar-refractivity contribution is 5.84. The maximum absolute atomic E-state index is 11.6. The maximum atomic E-state index is 11.6. The van der Waals surface area contributed by atoms with Crippen molar-refractivity contribution in [3.05, 3.63) is 35.9 Å². The highest BCUT2D eigenvalue weighted by Crippen LogP contribution is 2.04. The van der Waals surface area contributed by atoms with Crippen LogP contribution in [0.15, 0.2) is 30.3 Å². The minimum Gasteiger partial charge on any atom is -0.467 e. The number of carbonyl (C=O) groups is 3. The van der Waals surface area contributed by atoms with Gasteiger partial charge in [-0.25, -0.2) is 9.59 Å². The standard InChI is InChI=1S/C14H17NO5/c1-10(8-16)12(13(17)19-2)15-14(18)20-9-11-6-4-3-5-7-11/h3-8,10,12H,9H2,1-2H3,(H,15,18)/t10-,12-/m0/s1. The van der Waals surface area contributed by atoms with Gasteiger partial charge in [0.05, 0.1) is 7.11 Å². The van der Waals surface area contributed by atoms with Crippen molar-refractivity contribution >= 4 is 18.3 Å². The summed E-state index contributed by atoms with van der Waals surface area (Å²) in [6.45, 7) is 1.59. The molecule has 1 amide bonds. The first-order valence-corrected chi connectivity index (χ1v) is 6.08. The molecule has 1 N–H and O–H groups in total. The number of ether oxygens (including phenoxy) is 2. The van der Waals surface area contributed by atoms with Gasteiger partial charge in [-0.05, 0) is 5.56 Å². The van der Waals surface area contributed by atoms with Crippen LogP contribution in [0.5, 0.6) is 0 Å². The first kappa shape index (κ1) is 15.7. The molecule has 0 spiro atoms. The molecule has 1 aromatic rings. The molecule has 0 fully saturated rings. The van der Waals surface area contributed by atoms with Crippen LogP contribution in [0.1, 0.15) is 12.5 Å². The summed E-state index contributed by atoms with van der Waals surface area (Å²) in [7, 11) is 1.18. The fourth-order valence-electron chi connectivity index (χ4n) is 1.50. The summed E-state index contributed by atoms with van der Waals surface area (Å²) >= 11 is 0. The summed E-state index contributed by atoms with van der Waals surface area (Å²) in [5.41, 5.74) is 0.820. The molecule has 0 saturated carbocycles. The first-order chi connectivity index (χ1) is 9.58. The van der Waals surface area contributed by atoms with E-state index in [0.717, 1.165) is 5.56 Å². The largest absolute Gasteiger partial charge is 0.467 e. The van der Waals surface area contributed by atoms with E-state index >= 15 is 0 Å². The van der Waals surface area contributed by atoms with E-state index in [1.807, 2.05) is 18.2 Å². The quantitative estimate of drug-likeness (QED) is 0.626. The highest BCUT2D eigenvalue weighted by Gasteiger charge is 2.28. The van der Waals surface area contributed by atoms with Crippen molar-refractivity contribution < 1.29 is 23.9 Å². The Balaban J connectivity index is 2.54. The van der Waals surface area contributed by atoms with E-state index in [1.54, 1.807) is 12.1 Å². The highest BCUT2D eigenvalue weighted by atomic mass is 16.6. The molecule has 108 valence electrons. The van der Waals surface area contributed by atoms with Gasteiger partial charge in [-0.1, -0.05) is 37.3 Å².